The lowest BCUT2D eigenvalue weighted by molar-refractivity contribution is 0.0929. The zero-order valence-corrected chi connectivity index (χ0v) is 15.1. The summed E-state index contributed by atoms with van der Waals surface area (Å²) in [6, 6.07) is 7.90. The standard InChI is InChI=1S/C20H21N5O2/c1-11-19-21-6-8-27-7-5-12-10-22-20(26)14-9-16(24-17(12)14)13-3-2-4-15(23-11)18(13)25-19/h2-4,9,12,24H,5-8,10H2,1H3,(H,21,25)(H,22,26)/t12-/m1/s1. The van der Waals surface area contributed by atoms with Gasteiger partial charge in [0, 0.05) is 42.6 Å². The van der Waals surface area contributed by atoms with Crippen LogP contribution < -0.4 is 10.6 Å². The first-order valence-corrected chi connectivity index (χ1v) is 9.31. The van der Waals surface area contributed by atoms with Gasteiger partial charge in [0.25, 0.3) is 5.91 Å². The molecule has 2 aliphatic rings. The molecule has 0 fully saturated rings. The molecule has 7 nitrogen and oxygen atoms in total. The van der Waals surface area contributed by atoms with Crippen LogP contribution in [0.2, 0.25) is 0 Å². The van der Waals surface area contributed by atoms with Crippen LogP contribution in [0.3, 0.4) is 0 Å². The van der Waals surface area contributed by atoms with Crippen LogP contribution in [0.15, 0.2) is 24.3 Å². The largest absolute Gasteiger partial charge is 0.380 e. The van der Waals surface area contributed by atoms with E-state index in [4.69, 9.17) is 14.7 Å². The van der Waals surface area contributed by atoms with Crippen LogP contribution in [-0.2, 0) is 4.74 Å². The fraction of sp³-hybridized carbons (Fsp3) is 0.350. The third-order valence-corrected chi connectivity index (χ3v) is 5.32. The summed E-state index contributed by atoms with van der Waals surface area (Å²) in [6.45, 7) is 4.51. The molecular weight excluding hydrogens is 342 g/mol. The van der Waals surface area contributed by atoms with Crippen molar-refractivity contribution in [2.75, 3.05) is 31.6 Å². The number of carbonyl (C=O) groups is 1. The lowest BCUT2D eigenvalue weighted by atomic mass is 9.95. The molecule has 1 aromatic carbocycles. The van der Waals surface area contributed by atoms with Gasteiger partial charge >= 0.3 is 0 Å². The highest BCUT2D eigenvalue weighted by Crippen LogP contribution is 2.34. The Morgan fingerprint density at radius 1 is 1.15 bits per heavy atom. The number of nitrogens with zero attached hydrogens (tertiary/aromatic N) is 2. The van der Waals surface area contributed by atoms with Crippen molar-refractivity contribution in [2.45, 2.75) is 19.3 Å². The number of carbonyl (C=O) groups excluding carboxylic acids is 1. The van der Waals surface area contributed by atoms with Crippen molar-refractivity contribution in [3.8, 4) is 11.3 Å². The third-order valence-electron chi connectivity index (χ3n) is 5.32. The number of hydrogen-bond donors (Lipinski definition) is 3. The van der Waals surface area contributed by atoms with Crippen LogP contribution in [0.25, 0.3) is 22.3 Å². The smallest absolute Gasteiger partial charge is 0.253 e. The minimum absolute atomic E-state index is 0.0292. The molecule has 4 heterocycles. The van der Waals surface area contributed by atoms with Crippen LogP contribution in [0, 0.1) is 6.92 Å². The van der Waals surface area contributed by atoms with Gasteiger partial charge < -0.3 is 20.4 Å². The number of fused-ring (bicyclic) bond motifs is 3. The Balaban J connectivity index is 1.73. The van der Waals surface area contributed by atoms with Gasteiger partial charge in [-0.3, -0.25) is 4.79 Å². The van der Waals surface area contributed by atoms with E-state index in [1.54, 1.807) is 0 Å². The summed E-state index contributed by atoms with van der Waals surface area (Å²) < 4.78 is 5.78. The molecule has 2 aliphatic heterocycles. The zero-order chi connectivity index (χ0) is 18.4. The molecule has 0 unspecified atom stereocenters. The van der Waals surface area contributed by atoms with Crippen LogP contribution in [0.5, 0.6) is 0 Å². The minimum atomic E-state index is -0.0292. The molecule has 0 saturated heterocycles. The number of benzene rings is 1. The number of hydrogen-bond acceptors (Lipinski definition) is 5. The Morgan fingerprint density at radius 2 is 2.07 bits per heavy atom. The molecule has 0 aliphatic carbocycles. The molecule has 3 N–H and O–H groups in total. The van der Waals surface area contributed by atoms with E-state index >= 15 is 0 Å². The normalized spacial score (nSPS) is 19.4. The predicted molar refractivity (Wildman–Crippen MR) is 103 cm³/mol. The van der Waals surface area contributed by atoms with Gasteiger partial charge in [0.1, 0.15) is 11.3 Å². The number of ether oxygens (including phenoxy) is 1. The number of aromatic nitrogens is 3. The topological polar surface area (TPSA) is 91.9 Å². The first kappa shape index (κ1) is 16.3. The van der Waals surface area contributed by atoms with E-state index in [0.717, 1.165) is 45.9 Å². The highest BCUT2D eigenvalue weighted by Gasteiger charge is 2.28. The van der Waals surface area contributed by atoms with E-state index in [9.17, 15) is 4.79 Å². The lowest BCUT2D eigenvalue weighted by Gasteiger charge is -2.23. The van der Waals surface area contributed by atoms with Crippen molar-refractivity contribution in [3.63, 3.8) is 0 Å². The summed E-state index contributed by atoms with van der Waals surface area (Å²) in [5, 5.41) is 6.33. The summed E-state index contributed by atoms with van der Waals surface area (Å²) in [5.74, 6) is 0.960. The highest BCUT2D eigenvalue weighted by atomic mass is 16.5. The number of H-pyrrole nitrogens is 1. The van der Waals surface area contributed by atoms with Crippen LogP contribution in [0.1, 0.15) is 34.1 Å². The van der Waals surface area contributed by atoms with E-state index in [1.807, 2.05) is 31.2 Å². The second-order valence-corrected chi connectivity index (χ2v) is 7.08. The third kappa shape index (κ3) is 2.75. The fourth-order valence-corrected chi connectivity index (χ4v) is 3.90. The van der Waals surface area contributed by atoms with Gasteiger partial charge in [-0.25, -0.2) is 9.97 Å². The number of aryl methyl sites for hydroxylation is 1. The average molecular weight is 363 g/mol. The quantitative estimate of drug-likeness (QED) is 0.571. The maximum Gasteiger partial charge on any atom is 0.253 e. The second-order valence-electron chi connectivity index (χ2n) is 7.08. The molecule has 27 heavy (non-hydrogen) atoms. The molecule has 138 valence electrons. The Morgan fingerprint density at radius 3 is 3.00 bits per heavy atom. The van der Waals surface area contributed by atoms with Crippen molar-refractivity contribution in [1.82, 2.24) is 20.3 Å². The number of aromatic amines is 1. The molecule has 4 bridgehead atoms. The van der Waals surface area contributed by atoms with Crippen LogP contribution in [-0.4, -0.2) is 47.2 Å². The van der Waals surface area contributed by atoms with E-state index < -0.39 is 0 Å². The van der Waals surface area contributed by atoms with E-state index in [1.165, 1.54) is 0 Å². The lowest BCUT2D eigenvalue weighted by Crippen LogP contribution is -2.35. The number of amides is 1. The zero-order valence-electron chi connectivity index (χ0n) is 15.1. The van der Waals surface area contributed by atoms with Crippen molar-refractivity contribution in [3.05, 3.63) is 41.2 Å². The molecule has 7 heteroatoms. The van der Waals surface area contributed by atoms with Gasteiger partial charge in [0.05, 0.1) is 23.4 Å². The summed E-state index contributed by atoms with van der Waals surface area (Å²) in [7, 11) is 0. The number of nitrogens with one attached hydrogen (secondary N) is 3. The van der Waals surface area contributed by atoms with Crippen molar-refractivity contribution < 1.29 is 9.53 Å². The maximum absolute atomic E-state index is 12.4. The van der Waals surface area contributed by atoms with Crippen molar-refractivity contribution in [2.24, 2.45) is 0 Å². The Hall–Kier alpha value is -2.93. The molecule has 3 aromatic rings. The molecule has 1 amide bonds. The molecule has 5 rings (SSSR count). The molecular formula is C20H21N5O2. The monoisotopic (exact) mass is 363 g/mol. The first-order valence-electron chi connectivity index (χ1n) is 9.31. The van der Waals surface area contributed by atoms with Gasteiger partial charge in [-0.1, -0.05) is 12.1 Å². The van der Waals surface area contributed by atoms with Crippen molar-refractivity contribution >= 4 is 22.8 Å². The van der Waals surface area contributed by atoms with Gasteiger partial charge in [0.15, 0.2) is 0 Å². The van der Waals surface area contributed by atoms with Crippen LogP contribution >= 0.6 is 0 Å². The minimum Gasteiger partial charge on any atom is -0.380 e. The van der Waals surface area contributed by atoms with E-state index in [2.05, 4.69) is 15.6 Å². The maximum atomic E-state index is 12.4. The molecule has 1 atom stereocenters. The predicted octanol–water partition coefficient (Wildman–Crippen LogP) is 2.59. The summed E-state index contributed by atoms with van der Waals surface area (Å²) in [4.78, 5) is 25.4. The average Bonchev–Trinajstić information content (AvgIpc) is 3.11. The fourth-order valence-electron chi connectivity index (χ4n) is 3.90. The second kappa shape index (κ2) is 6.35. The van der Waals surface area contributed by atoms with E-state index in [0.29, 0.717) is 31.9 Å². The first-order chi connectivity index (χ1) is 13.2. The van der Waals surface area contributed by atoms with Crippen LogP contribution in [0.4, 0.5) is 5.82 Å². The SMILES string of the molecule is Cc1nc2cccc3c2nc1NCCOCC[C@@H]1CNC(=O)c2cc-3[nH]c21. The molecule has 2 aromatic heterocycles. The summed E-state index contributed by atoms with van der Waals surface area (Å²) in [5.41, 5.74) is 6.08. The number of para-hydroxylation sites is 1. The van der Waals surface area contributed by atoms with Gasteiger partial charge in [0.2, 0.25) is 0 Å². The van der Waals surface area contributed by atoms with Gasteiger partial charge in [-0.05, 0) is 25.5 Å². The Kier molecular flexibility index (Phi) is 3.82. The molecule has 0 saturated carbocycles. The summed E-state index contributed by atoms with van der Waals surface area (Å²) in [6.07, 6.45) is 0.863. The van der Waals surface area contributed by atoms with Crippen molar-refractivity contribution in [1.29, 1.82) is 0 Å². The number of anilines is 1. The Labute approximate surface area is 156 Å². The Bertz CT molecular complexity index is 1040. The molecule has 0 radical (unpaired) electrons. The molecule has 0 spiro atoms. The summed E-state index contributed by atoms with van der Waals surface area (Å²) >= 11 is 0. The van der Waals surface area contributed by atoms with Gasteiger partial charge in [-0.15, -0.1) is 0 Å². The number of rotatable bonds is 0. The van der Waals surface area contributed by atoms with Gasteiger partial charge in [-0.2, -0.15) is 0 Å². The highest BCUT2D eigenvalue weighted by molar-refractivity contribution is 6.00. The van der Waals surface area contributed by atoms with E-state index in [-0.39, 0.29) is 11.8 Å².